The van der Waals surface area contributed by atoms with E-state index in [1.807, 2.05) is 4.72 Å². The van der Waals surface area contributed by atoms with Crippen LogP contribution in [0.25, 0.3) is 0 Å². The maximum Gasteiger partial charge on any atom is 0.417 e. The molecule has 1 heterocycles. The van der Waals surface area contributed by atoms with E-state index in [-0.39, 0.29) is 41.0 Å². The Labute approximate surface area is 226 Å². The summed E-state index contributed by atoms with van der Waals surface area (Å²) < 4.78 is 81.9. The third-order valence-electron chi connectivity index (χ3n) is 4.93. The van der Waals surface area contributed by atoms with Gasteiger partial charge in [0.1, 0.15) is 23.1 Å². The zero-order valence-electron chi connectivity index (χ0n) is 19.7. The topological polar surface area (TPSA) is 104 Å². The highest BCUT2D eigenvalue weighted by Crippen LogP contribution is 2.36. The van der Waals surface area contributed by atoms with E-state index >= 15 is 0 Å². The minimum Gasteiger partial charge on any atom is -0.491 e. The number of sulfonamides is 1. The number of nitrogens with zero attached hydrogens (tertiary/aromatic N) is 1. The highest BCUT2D eigenvalue weighted by atomic mass is 35.5. The van der Waals surface area contributed by atoms with Gasteiger partial charge in [-0.05, 0) is 48.4 Å². The van der Waals surface area contributed by atoms with Gasteiger partial charge in [-0.1, -0.05) is 29.3 Å². The van der Waals surface area contributed by atoms with E-state index in [2.05, 4.69) is 4.98 Å². The van der Waals surface area contributed by atoms with Gasteiger partial charge in [0.25, 0.3) is 10.0 Å². The number of carbonyl (C=O) groups excluding carboxylic acids is 1. The van der Waals surface area contributed by atoms with Crippen molar-refractivity contribution < 1.29 is 40.6 Å². The summed E-state index contributed by atoms with van der Waals surface area (Å²) in [7, 11) is -2.62. The molecule has 1 aromatic heterocycles. The molecule has 0 aliphatic heterocycles. The van der Waals surface area contributed by atoms with Crippen LogP contribution in [0.3, 0.4) is 0 Å². The predicted molar refractivity (Wildman–Crippen MR) is 133 cm³/mol. The summed E-state index contributed by atoms with van der Waals surface area (Å²) in [5.74, 6) is -0.650. The van der Waals surface area contributed by atoms with Crippen molar-refractivity contribution >= 4 is 39.1 Å². The van der Waals surface area contributed by atoms with Crippen molar-refractivity contribution in [2.24, 2.45) is 0 Å². The normalized spacial score (nSPS) is 11.7. The number of halogens is 5. The molecule has 1 amide bonds. The number of nitrogens with one attached hydrogen (secondary N) is 1. The van der Waals surface area contributed by atoms with Gasteiger partial charge in [-0.15, -0.1) is 0 Å². The number of ether oxygens (including phenoxy) is 3. The molecule has 8 nitrogen and oxygen atoms in total. The highest BCUT2D eigenvalue weighted by molar-refractivity contribution is 7.90. The molecule has 38 heavy (non-hydrogen) atoms. The number of methoxy groups -OCH3 is 1. The monoisotopic (exact) mass is 592 g/mol. The molecular weight excluding hydrogens is 572 g/mol. The molecule has 1 N–H and O–H groups in total. The predicted octanol–water partition coefficient (Wildman–Crippen LogP) is 5.66. The molecule has 0 saturated heterocycles. The van der Waals surface area contributed by atoms with Gasteiger partial charge in [-0.2, -0.15) is 13.2 Å². The summed E-state index contributed by atoms with van der Waals surface area (Å²) in [5.41, 5.74) is -0.633. The second-order valence-corrected chi connectivity index (χ2v) is 10.2. The Hall–Kier alpha value is -3.06. The summed E-state index contributed by atoms with van der Waals surface area (Å²) in [4.78, 5) is 16.0. The average molecular weight is 593 g/mol. The Balaban J connectivity index is 1.79. The van der Waals surface area contributed by atoms with Crippen LogP contribution in [0, 0.1) is 0 Å². The summed E-state index contributed by atoms with van der Waals surface area (Å²) in [6.07, 6.45) is -4.32. The maximum absolute atomic E-state index is 13.0. The molecule has 0 saturated carbocycles. The van der Waals surface area contributed by atoms with Crippen molar-refractivity contribution in [3.8, 4) is 17.4 Å². The summed E-state index contributed by atoms with van der Waals surface area (Å²) in [6.45, 7) is 0.506. The Kier molecular flexibility index (Phi) is 9.82. The Morgan fingerprint density at radius 3 is 2.39 bits per heavy atom. The first-order valence-electron chi connectivity index (χ1n) is 10.9. The minimum absolute atomic E-state index is 0.00785. The van der Waals surface area contributed by atoms with Crippen LogP contribution in [0.1, 0.15) is 17.5 Å². The first-order valence-corrected chi connectivity index (χ1v) is 13.1. The Morgan fingerprint density at radius 1 is 1.05 bits per heavy atom. The smallest absolute Gasteiger partial charge is 0.417 e. The van der Waals surface area contributed by atoms with E-state index in [0.717, 1.165) is 0 Å². The second-order valence-electron chi connectivity index (χ2n) is 7.70. The fourth-order valence-electron chi connectivity index (χ4n) is 3.05. The lowest BCUT2D eigenvalue weighted by Gasteiger charge is -2.15. The van der Waals surface area contributed by atoms with Crippen LogP contribution in [0.15, 0.2) is 59.6 Å². The molecular formula is C24H21Cl2F3N2O6S. The van der Waals surface area contributed by atoms with Crippen LogP contribution in [0.2, 0.25) is 10.0 Å². The van der Waals surface area contributed by atoms with Crippen LogP contribution in [-0.2, 0) is 32.2 Å². The van der Waals surface area contributed by atoms with E-state index in [9.17, 15) is 26.4 Å². The molecule has 14 heteroatoms. The van der Waals surface area contributed by atoms with Gasteiger partial charge in [-0.3, -0.25) is 4.79 Å². The molecule has 3 aromatic rings. The quantitative estimate of drug-likeness (QED) is 0.286. The zero-order chi connectivity index (χ0) is 27.9. The van der Waals surface area contributed by atoms with Gasteiger partial charge in [0, 0.05) is 30.8 Å². The van der Waals surface area contributed by atoms with Crippen LogP contribution >= 0.6 is 23.2 Å². The van der Waals surface area contributed by atoms with Gasteiger partial charge in [0.05, 0.1) is 17.1 Å². The molecule has 0 radical (unpaired) electrons. The summed E-state index contributed by atoms with van der Waals surface area (Å²) >= 11 is 11.7. The largest absolute Gasteiger partial charge is 0.491 e. The van der Waals surface area contributed by atoms with Gasteiger partial charge in [0.15, 0.2) is 0 Å². The second kappa shape index (κ2) is 12.7. The number of carbonyl (C=O) groups is 1. The zero-order valence-corrected chi connectivity index (χ0v) is 22.0. The van der Waals surface area contributed by atoms with Crippen LogP contribution in [0.5, 0.6) is 17.4 Å². The molecule has 0 aliphatic rings. The van der Waals surface area contributed by atoms with E-state index < -0.39 is 27.7 Å². The summed E-state index contributed by atoms with van der Waals surface area (Å²) in [6, 6.07) is 10.5. The lowest BCUT2D eigenvalue weighted by Crippen LogP contribution is -2.30. The SMILES string of the molecule is COCCOc1ccc(CCC(=O)NS(=O)(=O)c2ccc(Cl)cc2)c(Oc2ncc(C(F)(F)F)cc2Cl)c1. The number of pyridine rings is 1. The minimum atomic E-state index is -4.64. The molecule has 204 valence electrons. The van der Waals surface area contributed by atoms with Gasteiger partial charge in [-0.25, -0.2) is 18.1 Å². The maximum atomic E-state index is 13.0. The number of aryl methyl sites for hydroxylation is 1. The third kappa shape index (κ3) is 8.22. The standard InChI is InChI=1S/C24H21Cl2F3N2O6S/c1-35-10-11-36-18-6-2-15(3-9-22(32)31-38(33,34)19-7-4-17(25)5-8-19)21(13-18)37-23-20(26)12-16(14-30-23)24(27,28)29/h2,4-8,12-14H,3,9-11H2,1H3,(H,31,32). The van der Waals surface area contributed by atoms with Crippen molar-refractivity contribution in [1.29, 1.82) is 0 Å². The molecule has 0 spiro atoms. The van der Waals surface area contributed by atoms with Crippen molar-refractivity contribution in [1.82, 2.24) is 9.71 Å². The number of aromatic nitrogens is 1. The van der Waals surface area contributed by atoms with Crippen LogP contribution in [-0.4, -0.2) is 39.6 Å². The van der Waals surface area contributed by atoms with Gasteiger partial charge >= 0.3 is 6.18 Å². The van der Waals surface area contributed by atoms with Crippen molar-refractivity contribution in [3.05, 3.63) is 75.9 Å². The molecule has 0 atom stereocenters. The Bertz CT molecular complexity index is 1390. The van der Waals surface area contributed by atoms with Crippen molar-refractivity contribution in [3.63, 3.8) is 0 Å². The van der Waals surface area contributed by atoms with Crippen LogP contribution in [0.4, 0.5) is 13.2 Å². The molecule has 0 unspecified atom stereocenters. The lowest BCUT2D eigenvalue weighted by molar-refractivity contribution is -0.137. The molecule has 3 rings (SSSR count). The van der Waals surface area contributed by atoms with Crippen molar-refractivity contribution in [2.75, 3.05) is 20.3 Å². The van der Waals surface area contributed by atoms with Crippen LogP contribution < -0.4 is 14.2 Å². The lowest BCUT2D eigenvalue weighted by atomic mass is 10.1. The third-order valence-corrected chi connectivity index (χ3v) is 6.84. The first-order chi connectivity index (χ1) is 17.9. The van der Waals surface area contributed by atoms with E-state index in [1.54, 1.807) is 12.1 Å². The number of hydrogen-bond acceptors (Lipinski definition) is 7. The number of benzene rings is 2. The number of hydrogen-bond donors (Lipinski definition) is 1. The molecule has 2 aromatic carbocycles. The number of alkyl halides is 3. The van der Waals surface area contributed by atoms with Gasteiger partial charge < -0.3 is 14.2 Å². The average Bonchev–Trinajstić information content (AvgIpc) is 2.84. The van der Waals surface area contributed by atoms with Gasteiger partial charge in [0.2, 0.25) is 11.8 Å². The van der Waals surface area contributed by atoms with E-state index in [0.29, 0.717) is 35.2 Å². The van der Waals surface area contributed by atoms with E-state index in [4.69, 9.17) is 37.4 Å². The highest BCUT2D eigenvalue weighted by Gasteiger charge is 2.32. The van der Waals surface area contributed by atoms with E-state index in [1.165, 1.54) is 37.4 Å². The first kappa shape index (κ1) is 29.5. The fourth-order valence-corrected chi connectivity index (χ4v) is 4.40. The number of amides is 1. The van der Waals surface area contributed by atoms with Crippen molar-refractivity contribution in [2.45, 2.75) is 23.9 Å². The number of rotatable bonds is 11. The Morgan fingerprint density at radius 2 is 1.76 bits per heavy atom. The molecule has 0 bridgehead atoms. The molecule has 0 fully saturated rings. The fraction of sp³-hybridized carbons (Fsp3) is 0.250. The summed E-state index contributed by atoms with van der Waals surface area (Å²) in [5, 5.41) is -0.0524. The molecule has 0 aliphatic carbocycles.